The first-order chi connectivity index (χ1) is 15.7. The van der Waals surface area contributed by atoms with Crippen LogP contribution in [-0.4, -0.2) is 20.7 Å². The lowest BCUT2D eigenvalue weighted by molar-refractivity contribution is 0.101. The lowest BCUT2D eigenvalue weighted by Gasteiger charge is -2.06. The van der Waals surface area contributed by atoms with Crippen LogP contribution < -0.4 is 5.32 Å². The standard InChI is InChI=1S/C26H20N4OS/c1-30-24(16-22(29-30)18-9-4-2-5-10-18)25(31)27-21-14-8-13-20(15-21)23-17-32-26(28-23)19-11-6-3-7-12-19/h2-17H,1H3,(H,27,31). The monoisotopic (exact) mass is 436 g/mol. The highest BCUT2D eigenvalue weighted by atomic mass is 32.1. The molecule has 0 spiro atoms. The molecule has 0 aliphatic rings. The van der Waals surface area contributed by atoms with Crippen LogP contribution in [0.3, 0.4) is 0 Å². The SMILES string of the molecule is Cn1nc(-c2ccccc2)cc1C(=O)Nc1cccc(-c2csc(-c3ccccc3)n2)c1. The summed E-state index contributed by atoms with van der Waals surface area (Å²) < 4.78 is 1.61. The van der Waals surface area contributed by atoms with Gasteiger partial charge >= 0.3 is 0 Å². The summed E-state index contributed by atoms with van der Waals surface area (Å²) in [5, 5.41) is 10.5. The molecule has 2 aromatic heterocycles. The van der Waals surface area contributed by atoms with Gasteiger partial charge in [0.1, 0.15) is 10.7 Å². The van der Waals surface area contributed by atoms with Crippen LogP contribution in [0.15, 0.2) is 96.4 Å². The molecule has 1 amide bonds. The van der Waals surface area contributed by atoms with Crippen LogP contribution in [-0.2, 0) is 7.05 Å². The van der Waals surface area contributed by atoms with Crippen molar-refractivity contribution in [1.82, 2.24) is 14.8 Å². The Morgan fingerprint density at radius 1 is 0.812 bits per heavy atom. The number of hydrogen-bond acceptors (Lipinski definition) is 4. The fourth-order valence-electron chi connectivity index (χ4n) is 3.50. The molecule has 0 aliphatic heterocycles. The number of nitrogens with zero attached hydrogens (tertiary/aromatic N) is 3. The largest absolute Gasteiger partial charge is 0.321 e. The van der Waals surface area contributed by atoms with Crippen LogP contribution in [0.1, 0.15) is 10.5 Å². The number of carbonyl (C=O) groups is 1. The zero-order chi connectivity index (χ0) is 21.9. The molecule has 5 rings (SSSR count). The van der Waals surface area contributed by atoms with E-state index in [1.165, 1.54) is 0 Å². The summed E-state index contributed by atoms with van der Waals surface area (Å²) in [5.41, 5.74) is 5.88. The zero-order valence-corrected chi connectivity index (χ0v) is 18.2. The molecule has 0 atom stereocenters. The fraction of sp³-hybridized carbons (Fsp3) is 0.0385. The Hall–Kier alpha value is -4.03. The van der Waals surface area contributed by atoms with Crippen molar-refractivity contribution in [2.45, 2.75) is 0 Å². The molecule has 0 saturated heterocycles. The lowest BCUT2D eigenvalue weighted by Crippen LogP contribution is -2.16. The van der Waals surface area contributed by atoms with Crippen LogP contribution in [0.5, 0.6) is 0 Å². The summed E-state index contributed by atoms with van der Waals surface area (Å²) in [6, 6.07) is 29.5. The number of nitrogens with one attached hydrogen (secondary N) is 1. The summed E-state index contributed by atoms with van der Waals surface area (Å²) in [7, 11) is 1.78. The van der Waals surface area contributed by atoms with Crippen LogP contribution in [0.25, 0.3) is 33.1 Å². The van der Waals surface area contributed by atoms with Crippen molar-refractivity contribution in [3.63, 3.8) is 0 Å². The molecule has 1 N–H and O–H groups in total. The fourth-order valence-corrected chi connectivity index (χ4v) is 4.34. The highest BCUT2D eigenvalue weighted by molar-refractivity contribution is 7.13. The van der Waals surface area contributed by atoms with E-state index in [9.17, 15) is 4.79 Å². The van der Waals surface area contributed by atoms with Gasteiger partial charge in [-0.2, -0.15) is 5.10 Å². The maximum atomic E-state index is 12.9. The third-order valence-electron chi connectivity index (χ3n) is 5.12. The highest BCUT2D eigenvalue weighted by Gasteiger charge is 2.15. The topological polar surface area (TPSA) is 59.8 Å². The van der Waals surface area contributed by atoms with Crippen molar-refractivity contribution in [2.75, 3.05) is 5.32 Å². The molecule has 0 saturated carbocycles. The molecular formula is C26H20N4OS. The number of thiazole rings is 1. The molecule has 156 valence electrons. The Kier molecular flexibility index (Phi) is 5.35. The summed E-state index contributed by atoms with van der Waals surface area (Å²) in [4.78, 5) is 17.7. The predicted molar refractivity (Wildman–Crippen MR) is 130 cm³/mol. The number of aryl methyl sites for hydroxylation is 1. The molecule has 0 unspecified atom stereocenters. The first-order valence-corrected chi connectivity index (χ1v) is 11.1. The van der Waals surface area contributed by atoms with Gasteiger partial charge in [0.2, 0.25) is 0 Å². The average molecular weight is 437 g/mol. The Labute approximate surface area is 190 Å². The first kappa shape index (κ1) is 19.9. The minimum absolute atomic E-state index is 0.206. The van der Waals surface area contributed by atoms with Crippen LogP contribution >= 0.6 is 11.3 Å². The van der Waals surface area contributed by atoms with Gasteiger partial charge in [-0.3, -0.25) is 9.48 Å². The second-order valence-electron chi connectivity index (χ2n) is 7.34. The van der Waals surface area contributed by atoms with Crippen LogP contribution in [0.4, 0.5) is 5.69 Å². The minimum atomic E-state index is -0.206. The number of anilines is 1. The third-order valence-corrected chi connectivity index (χ3v) is 6.01. The smallest absolute Gasteiger partial charge is 0.273 e. The predicted octanol–water partition coefficient (Wildman–Crippen LogP) is 6.13. The molecular weight excluding hydrogens is 416 g/mol. The van der Waals surface area contributed by atoms with Gasteiger partial charge in [-0.05, 0) is 18.2 Å². The van der Waals surface area contributed by atoms with Gasteiger partial charge in [0.25, 0.3) is 5.91 Å². The van der Waals surface area contributed by atoms with Gasteiger partial charge in [0.15, 0.2) is 0 Å². The first-order valence-electron chi connectivity index (χ1n) is 10.2. The van der Waals surface area contributed by atoms with Gasteiger partial charge in [-0.25, -0.2) is 4.98 Å². The number of benzene rings is 3. The Morgan fingerprint density at radius 2 is 1.50 bits per heavy atom. The van der Waals surface area contributed by atoms with E-state index in [1.54, 1.807) is 29.1 Å². The van der Waals surface area contributed by atoms with E-state index in [2.05, 4.69) is 22.5 Å². The highest BCUT2D eigenvalue weighted by Crippen LogP contribution is 2.30. The zero-order valence-electron chi connectivity index (χ0n) is 17.4. The number of aromatic nitrogens is 3. The van der Waals surface area contributed by atoms with E-state index in [1.807, 2.05) is 78.2 Å². The molecule has 5 nitrogen and oxygen atoms in total. The number of rotatable bonds is 5. The van der Waals surface area contributed by atoms with E-state index < -0.39 is 0 Å². The van der Waals surface area contributed by atoms with Gasteiger partial charge in [0, 0.05) is 34.8 Å². The molecule has 0 bridgehead atoms. The van der Waals surface area contributed by atoms with Crippen molar-refractivity contribution >= 4 is 22.9 Å². The van der Waals surface area contributed by atoms with Crippen molar-refractivity contribution in [1.29, 1.82) is 0 Å². The molecule has 5 aromatic rings. The number of hydrogen-bond donors (Lipinski definition) is 1. The summed E-state index contributed by atoms with van der Waals surface area (Å²) >= 11 is 1.61. The third kappa shape index (κ3) is 4.08. The maximum absolute atomic E-state index is 12.9. The van der Waals surface area contributed by atoms with E-state index >= 15 is 0 Å². The van der Waals surface area contributed by atoms with Crippen LogP contribution in [0, 0.1) is 0 Å². The minimum Gasteiger partial charge on any atom is -0.321 e. The van der Waals surface area contributed by atoms with Crippen molar-refractivity contribution in [3.8, 4) is 33.1 Å². The van der Waals surface area contributed by atoms with Crippen LogP contribution in [0.2, 0.25) is 0 Å². The van der Waals surface area contributed by atoms with Gasteiger partial charge < -0.3 is 5.32 Å². The molecule has 0 aliphatic carbocycles. The van der Waals surface area contributed by atoms with Gasteiger partial charge in [-0.1, -0.05) is 72.8 Å². The number of carbonyl (C=O) groups excluding carboxylic acids is 1. The summed E-state index contributed by atoms with van der Waals surface area (Å²) in [6.45, 7) is 0. The van der Waals surface area contributed by atoms with Crippen molar-refractivity contribution < 1.29 is 4.79 Å². The molecule has 6 heteroatoms. The van der Waals surface area contributed by atoms with Crippen molar-refractivity contribution in [2.24, 2.45) is 7.05 Å². The second kappa shape index (κ2) is 8.61. The Balaban J connectivity index is 1.36. The molecule has 32 heavy (non-hydrogen) atoms. The Bertz CT molecular complexity index is 1370. The van der Waals surface area contributed by atoms with Crippen molar-refractivity contribution in [3.05, 3.63) is 102 Å². The average Bonchev–Trinajstić information content (AvgIpc) is 3.48. The van der Waals surface area contributed by atoms with E-state index in [0.29, 0.717) is 11.4 Å². The van der Waals surface area contributed by atoms with E-state index in [-0.39, 0.29) is 5.91 Å². The second-order valence-corrected chi connectivity index (χ2v) is 8.20. The van der Waals surface area contributed by atoms with Gasteiger partial charge in [0.05, 0.1) is 11.4 Å². The molecule has 3 aromatic carbocycles. The summed E-state index contributed by atoms with van der Waals surface area (Å²) in [6.07, 6.45) is 0. The van der Waals surface area contributed by atoms with Gasteiger partial charge in [-0.15, -0.1) is 11.3 Å². The van der Waals surface area contributed by atoms with E-state index in [0.717, 1.165) is 33.1 Å². The Morgan fingerprint density at radius 3 is 2.25 bits per heavy atom. The molecule has 2 heterocycles. The number of amides is 1. The quantitative estimate of drug-likeness (QED) is 0.360. The van der Waals surface area contributed by atoms with E-state index in [4.69, 9.17) is 4.98 Å². The molecule has 0 radical (unpaired) electrons. The molecule has 0 fully saturated rings. The maximum Gasteiger partial charge on any atom is 0.273 e. The normalized spacial score (nSPS) is 10.8. The lowest BCUT2D eigenvalue weighted by atomic mass is 10.1. The summed E-state index contributed by atoms with van der Waals surface area (Å²) in [5.74, 6) is -0.206.